The van der Waals surface area contributed by atoms with Crippen LogP contribution in [0, 0.1) is 5.92 Å². The molecule has 2 heterocycles. The first kappa shape index (κ1) is 88.7. The fourth-order valence-electron chi connectivity index (χ4n) is 12.5. The molecule has 3 aliphatic rings. The number of aliphatic hydroxyl groups is 10. The molecule has 11 N–H and O–H groups in total. The van der Waals surface area contributed by atoms with Gasteiger partial charge in [-0.1, -0.05) is 258 Å². The van der Waals surface area contributed by atoms with Crippen LogP contribution in [0.1, 0.15) is 278 Å². The van der Waals surface area contributed by atoms with Crippen LogP contribution >= 0.6 is 7.82 Å². The minimum absolute atomic E-state index is 0.0275. The van der Waals surface area contributed by atoms with E-state index in [4.69, 9.17) is 42.2 Å². The second-order valence-corrected chi connectivity index (χ2v) is 28.8. The zero-order chi connectivity index (χ0) is 71.2. The van der Waals surface area contributed by atoms with E-state index in [0.717, 1.165) is 96.0 Å². The fraction of sp³-hybridized carbons (Fsp3) is 0.903. The van der Waals surface area contributed by atoms with Gasteiger partial charge >= 0.3 is 25.7 Å². The summed E-state index contributed by atoms with van der Waals surface area (Å²) in [6.07, 6.45) is 11.9. The summed E-state index contributed by atoms with van der Waals surface area (Å²) in [5.74, 6) is -1.57. The highest BCUT2D eigenvalue weighted by atomic mass is 31.2. The van der Waals surface area contributed by atoms with Crippen molar-refractivity contribution in [1.29, 1.82) is 0 Å². The fourth-order valence-corrected chi connectivity index (χ4v) is 13.5. The Morgan fingerprint density at radius 3 is 1.32 bits per heavy atom. The first-order valence-electron chi connectivity index (χ1n) is 37.6. The monoisotopic (exact) mass is 1410 g/mol. The van der Waals surface area contributed by atoms with E-state index in [1.165, 1.54) is 141 Å². The third kappa shape index (κ3) is 36.9. The molecule has 1 aliphatic carbocycles. The van der Waals surface area contributed by atoms with Gasteiger partial charge in [0.05, 0.1) is 13.2 Å². The molecule has 3 rings (SSSR count). The van der Waals surface area contributed by atoms with E-state index < -0.39 is 156 Å². The summed E-state index contributed by atoms with van der Waals surface area (Å²) in [5, 5.41) is 110. The SMILES string of the molecule is CCCCCCCCCCCCC/C=C/C=C/C(=O)OCC(COP(=O)(O)OC1C(OC2OC(CO)C(O)C(O)C2O)C(O)C(O)C(O)C1OC1OC(COC(=O)CCCCCCCCCCCCC)C(O)C(O)C1O)OC(=O)CCCCCCCCC(C)CCCCCCCC. The molecule has 0 aromatic heterocycles. The van der Waals surface area contributed by atoms with Crippen LogP contribution in [0.25, 0.3) is 0 Å². The molecule has 25 heteroatoms. The highest BCUT2D eigenvalue weighted by molar-refractivity contribution is 7.47. The van der Waals surface area contributed by atoms with Gasteiger partial charge < -0.3 is 89.1 Å². The van der Waals surface area contributed by atoms with Gasteiger partial charge in [-0.05, 0) is 31.6 Å². The molecule has 2 aliphatic heterocycles. The molecule has 19 unspecified atom stereocenters. The molecular formula is C72H131O24P. The Morgan fingerprint density at radius 2 is 0.856 bits per heavy atom. The van der Waals surface area contributed by atoms with E-state index in [2.05, 4.69) is 27.7 Å². The topological polar surface area (TPSA) is 374 Å². The maximum absolute atomic E-state index is 14.3. The van der Waals surface area contributed by atoms with Gasteiger partial charge in [0.2, 0.25) is 0 Å². The van der Waals surface area contributed by atoms with Crippen LogP contribution in [0.3, 0.4) is 0 Å². The first-order chi connectivity index (χ1) is 46.7. The van der Waals surface area contributed by atoms with Crippen molar-refractivity contribution >= 4 is 25.7 Å². The number of phosphoric acid groups is 1. The molecule has 0 spiro atoms. The van der Waals surface area contributed by atoms with E-state index in [9.17, 15) is 74.9 Å². The lowest BCUT2D eigenvalue weighted by atomic mass is 9.84. The Morgan fingerprint density at radius 1 is 0.454 bits per heavy atom. The highest BCUT2D eigenvalue weighted by Crippen LogP contribution is 2.49. The molecule has 0 bridgehead atoms. The molecular weight excluding hydrogens is 1280 g/mol. The Bertz CT molecular complexity index is 2120. The number of carbonyl (C=O) groups is 3. The number of phosphoric ester groups is 1. The number of allylic oxidation sites excluding steroid dienone is 3. The van der Waals surface area contributed by atoms with Gasteiger partial charge in [-0.25, -0.2) is 9.36 Å². The average Bonchev–Trinajstić information content (AvgIpc) is 0.762. The van der Waals surface area contributed by atoms with Gasteiger partial charge in [0.25, 0.3) is 0 Å². The third-order valence-corrected chi connectivity index (χ3v) is 19.7. The van der Waals surface area contributed by atoms with Gasteiger partial charge in [-0.3, -0.25) is 18.6 Å². The van der Waals surface area contributed by atoms with Crippen molar-refractivity contribution in [2.45, 2.75) is 382 Å². The van der Waals surface area contributed by atoms with Gasteiger partial charge in [0.1, 0.15) is 98.7 Å². The summed E-state index contributed by atoms with van der Waals surface area (Å²) in [5.41, 5.74) is 0. The Balaban J connectivity index is 1.77. The van der Waals surface area contributed by atoms with Crippen molar-refractivity contribution in [3.63, 3.8) is 0 Å². The van der Waals surface area contributed by atoms with Crippen LogP contribution in [-0.4, -0.2) is 204 Å². The summed E-state index contributed by atoms with van der Waals surface area (Å²) < 4.78 is 64.8. The first-order valence-corrected chi connectivity index (χ1v) is 39.0. The van der Waals surface area contributed by atoms with Gasteiger partial charge in [0, 0.05) is 18.9 Å². The molecule has 3 fully saturated rings. The standard InChI is InChI=1S/C72H131O24P/c1-5-8-11-14-17-19-21-22-23-24-26-28-29-35-40-45-56(74)88-49-53(91-58(76)47-42-37-32-31-34-39-44-52(4)43-38-33-16-13-10-7-3)50-90-97(86,87)96-70-68(94-71-66(84)61(79)59(77)54(48-73)92-71)64(82)63(81)65(83)69(70)95-72-67(85)62(80)60(78)55(93-72)51-89-57(75)46-41-36-30-27-25-20-18-15-12-9-6-2/h29,35,40,45,52-55,59-73,77-85H,5-28,30-34,36-39,41-44,46-51H2,1-4H3,(H,86,87)/b35-29+,45-40+. The molecule has 97 heavy (non-hydrogen) atoms. The van der Waals surface area contributed by atoms with Gasteiger partial charge in [-0.15, -0.1) is 0 Å². The van der Waals surface area contributed by atoms with E-state index in [0.29, 0.717) is 18.8 Å². The van der Waals surface area contributed by atoms with E-state index in [1.54, 1.807) is 6.08 Å². The Hall–Kier alpha value is -2.56. The maximum Gasteiger partial charge on any atom is 0.472 e. The molecule has 568 valence electrons. The average molecular weight is 1410 g/mol. The number of aliphatic hydroxyl groups excluding tert-OH is 10. The van der Waals surface area contributed by atoms with Crippen LogP contribution < -0.4 is 0 Å². The summed E-state index contributed by atoms with van der Waals surface area (Å²) in [4.78, 5) is 50.9. The quantitative estimate of drug-likeness (QED) is 0.00673. The van der Waals surface area contributed by atoms with Crippen molar-refractivity contribution in [2.75, 3.05) is 26.4 Å². The van der Waals surface area contributed by atoms with Crippen LogP contribution in [0.15, 0.2) is 24.3 Å². The minimum atomic E-state index is -5.72. The van der Waals surface area contributed by atoms with E-state index >= 15 is 0 Å². The second-order valence-electron chi connectivity index (χ2n) is 27.4. The lowest BCUT2D eigenvalue weighted by Gasteiger charge is -2.49. The summed E-state index contributed by atoms with van der Waals surface area (Å²) in [6.45, 7) is 5.63. The molecule has 24 nitrogen and oxygen atoms in total. The van der Waals surface area contributed by atoms with Crippen LogP contribution in [0.2, 0.25) is 0 Å². The largest absolute Gasteiger partial charge is 0.472 e. The lowest BCUT2D eigenvalue weighted by Crippen LogP contribution is -2.69. The Labute approximate surface area is 579 Å². The predicted molar refractivity (Wildman–Crippen MR) is 365 cm³/mol. The normalized spacial score (nSPS) is 28.2. The number of hydrogen-bond acceptors (Lipinski definition) is 23. The lowest BCUT2D eigenvalue weighted by molar-refractivity contribution is -0.360. The zero-order valence-electron chi connectivity index (χ0n) is 59.3. The molecule has 0 radical (unpaired) electrons. The van der Waals surface area contributed by atoms with E-state index in [1.807, 2.05) is 6.08 Å². The minimum Gasteiger partial charge on any atom is -0.463 e. The Kier molecular flexibility index (Phi) is 48.7. The van der Waals surface area contributed by atoms with Crippen molar-refractivity contribution in [3.05, 3.63) is 24.3 Å². The predicted octanol–water partition coefficient (Wildman–Crippen LogP) is 9.98. The molecule has 2 saturated heterocycles. The summed E-state index contributed by atoms with van der Waals surface area (Å²) in [7, 11) is -5.72. The molecule has 0 aromatic carbocycles. The molecule has 0 amide bonds. The third-order valence-electron chi connectivity index (χ3n) is 18.7. The second kappa shape index (κ2) is 53.3. The smallest absolute Gasteiger partial charge is 0.463 e. The zero-order valence-corrected chi connectivity index (χ0v) is 60.2. The van der Waals surface area contributed by atoms with E-state index in [-0.39, 0.29) is 12.8 Å². The number of esters is 3. The maximum atomic E-state index is 14.3. The van der Waals surface area contributed by atoms with Crippen molar-refractivity contribution in [2.24, 2.45) is 5.92 Å². The molecule has 19 atom stereocenters. The van der Waals surface area contributed by atoms with Crippen LogP contribution in [0.4, 0.5) is 0 Å². The molecule has 1 saturated carbocycles. The van der Waals surface area contributed by atoms with Crippen LogP contribution in [0.5, 0.6) is 0 Å². The highest BCUT2D eigenvalue weighted by Gasteiger charge is 2.58. The van der Waals surface area contributed by atoms with Crippen molar-refractivity contribution < 1.29 is 117 Å². The van der Waals surface area contributed by atoms with Crippen molar-refractivity contribution in [1.82, 2.24) is 0 Å². The number of ether oxygens (including phenoxy) is 7. The van der Waals surface area contributed by atoms with Gasteiger partial charge in [0.15, 0.2) is 18.7 Å². The summed E-state index contributed by atoms with van der Waals surface area (Å²) in [6, 6.07) is 0. The number of rotatable bonds is 57. The number of unbranched alkanes of at least 4 members (excludes halogenated alkanes) is 31. The number of carbonyl (C=O) groups excluding carboxylic acids is 3. The molecule has 0 aromatic rings. The summed E-state index contributed by atoms with van der Waals surface area (Å²) >= 11 is 0. The van der Waals surface area contributed by atoms with Crippen LogP contribution in [-0.2, 0) is 61.2 Å². The van der Waals surface area contributed by atoms with Crippen molar-refractivity contribution in [3.8, 4) is 0 Å². The van der Waals surface area contributed by atoms with Gasteiger partial charge in [-0.2, -0.15) is 0 Å². The number of hydrogen-bond donors (Lipinski definition) is 11.